The van der Waals surface area contributed by atoms with E-state index in [0.717, 1.165) is 25.7 Å². The summed E-state index contributed by atoms with van der Waals surface area (Å²) >= 11 is 0. The fourth-order valence-electron chi connectivity index (χ4n) is 2.94. The Balaban J connectivity index is 1.96. The summed E-state index contributed by atoms with van der Waals surface area (Å²) in [7, 11) is 0. The molecule has 0 aromatic carbocycles. The van der Waals surface area contributed by atoms with Crippen LogP contribution in [0.2, 0.25) is 0 Å². The molecule has 2 saturated carbocycles. The zero-order valence-electron chi connectivity index (χ0n) is 9.52. The van der Waals surface area contributed by atoms with Gasteiger partial charge in [-0.05, 0) is 31.1 Å². The lowest BCUT2D eigenvalue weighted by atomic mass is 9.81. The minimum Gasteiger partial charge on any atom is -0.465 e. The fourth-order valence-corrected chi connectivity index (χ4v) is 2.94. The standard InChI is InChI=1S/C14H14O3/c15-13-10-5-1-2-6-11(10)14(16)12(13)8-9-4-3-7-17-9/h3-4,7-8,10-11H,1-2,5-6H2/t10-,11+. The normalized spacial score (nSPS) is 30.9. The van der Waals surface area contributed by atoms with Crippen molar-refractivity contribution in [1.82, 2.24) is 0 Å². The third-order valence-electron chi connectivity index (χ3n) is 3.80. The smallest absolute Gasteiger partial charge is 0.170 e. The van der Waals surface area contributed by atoms with E-state index in [4.69, 9.17) is 4.42 Å². The van der Waals surface area contributed by atoms with Crippen LogP contribution in [0.1, 0.15) is 31.4 Å². The van der Waals surface area contributed by atoms with Gasteiger partial charge in [-0.1, -0.05) is 12.8 Å². The Morgan fingerprint density at radius 1 is 1.12 bits per heavy atom. The molecule has 2 aliphatic carbocycles. The molecule has 1 aromatic heterocycles. The third kappa shape index (κ3) is 1.66. The molecule has 2 aliphatic rings. The topological polar surface area (TPSA) is 47.3 Å². The summed E-state index contributed by atoms with van der Waals surface area (Å²) in [6.07, 6.45) is 7.00. The van der Waals surface area contributed by atoms with E-state index in [9.17, 15) is 9.59 Å². The highest BCUT2D eigenvalue weighted by atomic mass is 16.3. The second kappa shape index (κ2) is 3.99. The number of ketones is 2. The third-order valence-corrected chi connectivity index (χ3v) is 3.80. The lowest BCUT2D eigenvalue weighted by Gasteiger charge is -2.21. The van der Waals surface area contributed by atoms with Crippen LogP contribution in [0.25, 0.3) is 6.08 Å². The first-order valence-electron chi connectivity index (χ1n) is 6.11. The highest BCUT2D eigenvalue weighted by molar-refractivity contribution is 6.29. The van der Waals surface area contributed by atoms with Gasteiger partial charge in [0.15, 0.2) is 11.6 Å². The molecule has 0 radical (unpaired) electrons. The molecule has 1 aromatic rings. The Morgan fingerprint density at radius 3 is 2.29 bits per heavy atom. The second-order valence-corrected chi connectivity index (χ2v) is 4.80. The quantitative estimate of drug-likeness (QED) is 0.550. The van der Waals surface area contributed by atoms with Crippen molar-refractivity contribution < 1.29 is 14.0 Å². The van der Waals surface area contributed by atoms with Crippen molar-refractivity contribution >= 4 is 17.6 Å². The molecular formula is C14H14O3. The van der Waals surface area contributed by atoms with Crippen molar-refractivity contribution in [3.63, 3.8) is 0 Å². The molecule has 0 aliphatic heterocycles. The number of allylic oxidation sites excluding steroid dienone is 1. The molecule has 2 atom stereocenters. The summed E-state index contributed by atoms with van der Waals surface area (Å²) < 4.78 is 5.16. The van der Waals surface area contributed by atoms with E-state index >= 15 is 0 Å². The van der Waals surface area contributed by atoms with Crippen molar-refractivity contribution in [1.29, 1.82) is 0 Å². The van der Waals surface area contributed by atoms with Gasteiger partial charge in [-0.2, -0.15) is 0 Å². The van der Waals surface area contributed by atoms with Crippen LogP contribution in [0.5, 0.6) is 0 Å². The van der Waals surface area contributed by atoms with E-state index in [1.807, 2.05) is 0 Å². The summed E-state index contributed by atoms with van der Waals surface area (Å²) in [6.45, 7) is 0. The van der Waals surface area contributed by atoms with Crippen LogP contribution in [0.3, 0.4) is 0 Å². The fraction of sp³-hybridized carbons (Fsp3) is 0.429. The second-order valence-electron chi connectivity index (χ2n) is 4.80. The van der Waals surface area contributed by atoms with Gasteiger partial charge in [-0.15, -0.1) is 0 Å². The molecule has 3 heteroatoms. The number of rotatable bonds is 1. The number of carbonyl (C=O) groups excluding carboxylic acids is 2. The Morgan fingerprint density at radius 2 is 1.76 bits per heavy atom. The zero-order valence-corrected chi connectivity index (χ0v) is 9.52. The largest absolute Gasteiger partial charge is 0.465 e. The monoisotopic (exact) mass is 230 g/mol. The molecule has 0 bridgehead atoms. The van der Waals surface area contributed by atoms with Crippen molar-refractivity contribution in [2.75, 3.05) is 0 Å². The first-order valence-corrected chi connectivity index (χ1v) is 6.11. The van der Waals surface area contributed by atoms with Crippen LogP contribution >= 0.6 is 0 Å². The number of Topliss-reactive ketones (excluding diaryl/α,β-unsaturated/α-hetero) is 2. The molecule has 0 unspecified atom stereocenters. The van der Waals surface area contributed by atoms with Gasteiger partial charge in [0.2, 0.25) is 0 Å². The average molecular weight is 230 g/mol. The van der Waals surface area contributed by atoms with Crippen LogP contribution in [-0.2, 0) is 9.59 Å². The van der Waals surface area contributed by atoms with Crippen molar-refractivity contribution in [2.24, 2.45) is 11.8 Å². The van der Waals surface area contributed by atoms with E-state index in [-0.39, 0.29) is 23.4 Å². The molecule has 0 N–H and O–H groups in total. The van der Waals surface area contributed by atoms with Gasteiger partial charge >= 0.3 is 0 Å². The van der Waals surface area contributed by atoms with Crippen LogP contribution in [0.15, 0.2) is 28.4 Å². The van der Waals surface area contributed by atoms with E-state index in [0.29, 0.717) is 11.3 Å². The molecule has 3 rings (SSSR count). The number of hydrogen-bond donors (Lipinski definition) is 0. The van der Waals surface area contributed by atoms with Gasteiger partial charge < -0.3 is 4.42 Å². The molecule has 2 fully saturated rings. The van der Waals surface area contributed by atoms with Crippen LogP contribution in [-0.4, -0.2) is 11.6 Å². The summed E-state index contributed by atoms with van der Waals surface area (Å²) in [5.41, 5.74) is 0.344. The Kier molecular flexibility index (Phi) is 2.46. The Labute approximate surface area is 99.5 Å². The molecule has 0 saturated heterocycles. The van der Waals surface area contributed by atoms with Gasteiger partial charge in [0.05, 0.1) is 11.8 Å². The number of hydrogen-bond acceptors (Lipinski definition) is 3. The highest BCUT2D eigenvalue weighted by Crippen LogP contribution is 2.40. The summed E-state index contributed by atoms with van der Waals surface area (Å²) in [5.74, 6) is 0.516. The van der Waals surface area contributed by atoms with Crippen LogP contribution in [0, 0.1) is 11.8 Å². The van der Waals surface area contributed by atoms with Crippen molar-refractivity contribution in [2.45, 2.75) is 25.7 Å². The molecule has 1 heterocycles. The molecule has 3 nitrogen and oxygen atoms in total. The van der Waals surface area contributed by atoms with Gasteiger partial charge in [0.1, 0.15) is 5.76 Å². The zero-order chi connectivity index (χ0) is 11.8. The predicted molar refractivity (Wildman–Crippen MR) is 62.1 cm³/mol. The molecule has 0 spiro atoms. The van der Waals surface area contributed by atoms with Gasteiger partial charge in [0, 0.05) is 11.8 Å². The summed E-state index contributed by atoms with van der Waals surface area (Å²) in [4.78, 5) is 24.3. The molecule has 17 heavy (non-hydrogen) atoms. The van der Waals surface area contributed by atoms with Crippen LogP contribution in [0.4, 0.5) is 0 Å². The predicted octanol–water partition coefficient (Wildman–Crippen LogP) is 2.62. The van der Waals surface area contributed by atoms with Gasteiger partial charge in [-0.3, -0.25) is 9.59 Å². The Hall–Kier alpha value is -1.64. The summed E-state index contributed by atoms with van der Waals surface area (Å²) in [6, 6.07) is 3.51. The molecule has 88 valence electrons. The minimum atomic E-state index is -0.0579. The molecule has 0 amide bonds. The van der Waals surface area contributed by atoms with E-state index in [1.54, 1.807) is 24.5 Å². The first kappa shape index (κ1) is 10.5. The van der Waals surface area contributed by atoms with Crippen molar-refractivity contribution in [3.05, 3.63) is 29.7 Å². The number of carbonyl (C=O) groups is 2. The Bertz CT molecular complexity index is 456. The lowest BCUT2D eigenvalue weighted by Crippen LogP contribution is -2.21. The minimum absolute atomic E-state index is 0.0242. The number of furan rings is 1. The maximum Gasteiger partial charge on any atom is 0.170 e. The lowest BCUT2D eigenvalue weighted by molar-refractivity contribution is -0.120. The first-order chi connectivity index (χ1) is 8.27. The van der Waals surface area contributed by atoms with E-state index < -0.39 is 0 Å². The molecular weight excluding hydrogens is 216 g/mol. The summed E-state index contributed by atoms with van der Waals surface area (Å²) in [5, 5.41) is 0. The maximum absolute atomic E-state index is 12.1. The maximum atomic E-state index is 12.1. The van der Waals surface area contributed by atoms with Gasteiger partial charge in [-0.25, -0.2) is 0 Å². The highest BCUT2D eigenvalue weighted by Gasteiger charge is 2.46. The van der Waals surface area contributed by atoms with E-state index in [2.05, 4.69) is 0 Å². The average Bonchev–Trinajstić information content (AvgIpc) is 2.94. The van der Waals surface area contributed by atoms with Crippen molar-refractivity contribution in [3.8, 4) is 0 Å². The number of fused-ring (bicyclic) bond motifs is 1. The van der Waals surface area contributed by atoms with Crippen LogP contribution < -0.4 is 0 Å². The SMILES string of the molecule is O=C1C(=Cc2ccco2)C(=O)[C@@H]2CCCC[C@H]12. The van der Waals surface area contributed by atoms with Gasteiger partial charge in [0.25, 0.3) is 0 Å². The van der Waals surface area contributed by atoms with E-state index in [1.165, 1.54) is 0 Å².